The van der Waals surface area contributed by atoms with Crippen LogP contribution in [0.3, 0.4) is 0 Å². The molecular formula is C19H27NO4. The van der Waals surface area contributed by atoms with E-state index in [0.29, 0.717) is 5.69 Å². The molecule has 5 nitrogen and oxygen atoms in total. The van der Waals surface area contributed by atoms with Gasteiger partial charge in [-0.1, -0.05) is 41.5 Å². The van der Waals surface area contributed by atoms with Gasteiger partial charge in [0, 0.05) is 29.8 Å². The molecule has 1 amide bonds. The first kappa shape index (κ1) is 18.3. The second kappa shape index (κ2) is 5.80. The smallest absolute Gasteiger partial charge is 0.308 e. The van der Waals surface area contributed by atoms with E-state index >= 15 is 0 Å². The van der Waals surface area contributed by atoms with Crippen LogP contribution in [0.15, 0.2) is 12.1 Å². The molecule has 2 rings (SSSR count). The normalized spacial score (nSPS) is 19.0. The summed E-state index contributed by atoms with van der Waals surface area (Å²) in [7, 11) is 0. The van der Waals surface area contributed by atoms with Crippen molar-refractivity contribution in [2.75, 3.05) is 11.4 Å². The van der Waals surface area contributed by atoms with Crippen LogP contribution in [0.25, 0.3) is 0 Å². The predicted octanol–water partition coefficient (Wildman–Crippen LogP) is 3.42. The van der Waals surface area contributed by atoms with Crippen LogP contribution >= 0.6 is 0 Å². The van der Waals surface area contributed by atoms with Gasteiger partial charge in [-0.25, -0.2) is 0 Å². The lowest BCUT2D eigenvalue weighted by Crippen LogP contribution is -2.27. The van der Waals surface area contributed by atoms with E-state index in [4.69, 9.17) is 0 Å². The van der Waals surface area contributed by atoms with Gasteiger partial charge in [0.15, 0.2) is 0 Å². The van der Waals surface area contributed by atoms with Crippen molar-refractivity contribution in [3.8, 4) is 5.75 Å². The highest BCUT2D eigenvalue weighted by molar-refractivity contribution is 5.99. The number of nitrogens with zero attached hydrogens (tertiary/aromatic N) is 1. The molecule has 1 aliphatic rings. The van der Waals surface area contributed by atoms with Gasteiger partial charge < -0.3 is 15.1 Å². The molecule has 1 aliphatic heterocycles. The van der Waals surface area contributed by atoms with Crippen LogP contribution in [0.4, 0.5) is 5.69 Å². The van der Waals surface area contributed by atoms with Crippen molar-refractivity contribution >= 4 is 17.6 Å². The first-order valence-corrected chi connectivity index (χ1v) is 8.23. The molecule has 0 saturated carbocycles. The molecule has 1 fully saturated rings. The summed E-state index contributed by atoms with van der Waals surface area (Å²) in [4.78, 5) is 25.0. The predicted molar refractivity (Wildman–Crippen MR) is 93.6 cm³/mol. The van der Waals surface area contributed by atoms with Gasteiger partial charge >= 0.3 is 5.97 Å². The average Bonchev–Trinajstić information content (AvgIpc) is 2.78. The Kier molecular flexibility index (Phi) is 4.42. The summed E-state index contributed by atoms with van der Waals surface area (Å²) in [6, 6.07) is 3.62. The second-order valence-corrected chi connectivity index (χ2v) is 8.63. The molecule has 1 saturated heterocycles. The minimum Gasteiger partial charge on any atom is -0.507 e. The van der Waals surface area contributed by atoms with Gasteiger partial charge in [0.05, 0.1) is 5.92 Å². The van der Waals surface area contributed by atoms with Crippen molar-refractivity contribution in [2.45, 2.75) is 58.8 Å². The monoisotopic (exact) mass is 333 g/mol. The zero-order valence-electron chi connectivity index (χ0n) is 15.3. The lowest BCUT2D eigenvalue weighted by molar-refractivity contribution is -0.141. The van der Waals surface area contributed by atoms with Crippen molar-refractivity contribution in [2.24, 2.45) is 5.92 Å². The van der Waals surface area contributed by atoms with E-state index < -0.39 is 11.9 Å². The van der Waals surface area contributed by atoms with E-state index in [1.54, 1.807) is 0 Å². The Morgan fingerprint density at radius 3 is 1.88 bits per heavy atom. The Morgan fingerprint density at radius 2 is 1.54 bits per heavy atom. The van der Waals surface area contributed by atoms with Gasteiger partial charge in [-0.3, -0.25) is 9.59 Å². The van der Waals surface area contributed by atoms with Crippen LogP contribution < -0.4 is 4.90 Å². The molecule has 24 heavy (non-hydrogen) atoms. The van der Waals surface area contributed by atoms with Gasteiger partial charge in [0.25, 0.3) is 0 Å². The SMILES string of the molecule is CC(C)(C)c1cc(N2CC(C(=O)O)CC2=O)cc(C(C)(C)C)c1O. The maximum absolute atomic E-state index is 12.3. The first-order chi connectivity index (χ1) is 10.8. The summed E-state index contributed by atoms with van der Waals surface area (Å²) in [5.74, 6) is -1.56. The largest absolute Gasteiger partial charge is 0.507 e. The minimum atomic E-state index is -0.947. The third kappa shape index (κ3) is 3.40. The van der Waals surface area contributed by atoms with E-state index in [-0.39, 0.29) is 35.5 Å². The van der Waals surface area contributed by atoms with Crippen molar-refractivity contribution in [1.29, 1.82) is 0 Å². The quantitative estimate of drug-likeness (QED) is 0.869. The highest BCUT2D eigenvalue weighted by atomic mass is 16.4. The number of phenols is 1. The number of carbonyl (C=O) groups excluding carboxylic acids is 1. The number of benzene rings is 1. The third-order valence-electron chi connectivity index (χ3n) is 4.50. The molecule has 1 atom stereocenters. The lowest BCUT2D eigenvalue weighted by atomic mass is 9.79. The maximum Gasteiger partial charge on any atom is 0.308 e. The molecule has 5 heteroatoms. The molecule has 1 aromatic carbocycles. The van der Waals surface area contributed by atoms with Gasteiger partial charge in [-0.15, -0.1) is 0 Å². The van der Waals surface area contributed by atoms with Crippen LogP contribution in [0.1, 0.15) is 59.1 Å². The van der Waals surface area contributed by atoms with E-state index in [9.17, 15) is 19.8 Å². The third-order valence-corrected chi connectivity index (χ3v) is 4.50. The number of carbonyl (C=O) groups is 2. The van der Waals surface area contributed by atoms with E-state index in [1.807, 2.05) is 53.7 Å². The number of carboxylic acid groups (broad SMARTS) is 1. The number of hydrogen-bond donors (Lipinski definition) is 2. The number of amides is 1. The number of phenolic OH excluding ortho intramolecular Hbond substituents is 1. The molecule has 2 N–H and O–H groups in total. The molecule has 1 heterocycles. The van der Waals surface area contributed by atoms with Crippen molar-refractivity contribution in [3.63, 3.8) is 0 Å². The number of aromatic hydroxyl groups is 1. The molecule has 0 radical (unpaired) electrons. The lowest BCUT2D eigenvalue weighted by Gasteiger charge is -2.30. The molecule has 0 aliphatic carbocycles. The topological polar surface area (TPSA) is 77.8 Å². The number of anilines is 1. The number of hydrogen-bond acceptors (Lipinski definition) is 3. The molecule has 0 spiro atoms. The number of rotatable bonds is 2. The fraction of sp³-hybridized carbons (Fsp3) is 0.579. The molecule has 0 bridgehead atoms. The Balaban J connectivity index is 2.59. The van der Waals surface area contributed by atoms with Crippen LogP contribution in [0.2, 0.25) is 0 Å². The van der Waals surface area contributed by atoms with Gasteiger partial charge in [0.1, 0.15) is 5.75 Å². The first-order valence-electron chi connectivity index (χ1n) is 8.23. The van der Waals surface area contributed by atoms with E-state index in [1.165, 1.54) is 4.90 Å². The fourth-order valence-electron chi connectivity index (χ4n) is 3.04. The minimum absolute atomic E-state index is 0.0198. The summed E-state index contributed by atoms with van der Waals surface area (Å²) in [5, 5.41) is 19.9. The molecule has 1 aromatic rings. The Bertz CT molecular complexity index is 645. The molecule has 132 valence electrons. The number of carboxylic acids is 1. The zero-order chi connectivity index (χ0) is 18.4. The van der Waals surface area contributed by atoms with Gasteiger partial charge in [-0.05, 0) is 23.0 Å². The summed E-state index contributed by atoms with van der Waals surface area (Å²) in [5.41, 5.74) is 1.59. The van der Waals surface area contributed by atoms with Crippen LogP contribution in [-0.4, -0.2) is 28.6 Å². The molecule has 0 aromatic heterocycles. The van der Waals surface area contributed by atoms with Gasteiger partial charge in [0.2, 0.25) is 5.91 Å². The Labute approximate surface area is 143 Å². The van der Waals surface area contributed by atoms with E-state index in [0.717, 1.165) is 11.1 Å². The fourth-order valence-corrected chi connectivity index (χ4v) is 3.04. The maximum atomic E-state index is 12.3. The Morgan fingerprint density at radius 1 is 1.08 bits per heavy atom. The van der Waals surface area contributed by atoms with Crippen LogP contribution in [0.5, 0.6) is 5.75 Å². The average molecular weight is 333 g/mol. The highest BCUT2D eigenvalue weighted by Crippen LogP contribution is 2.42. The van der Waals surface area contributed by atoms with Crippen molar-refractivity contribution in [3.05, 3.63) is 23.3 Å². The van der Waals surface area contributed by atoms with Crippen molar-refractivity contribution < 1.29 is 19.8 Å². The standard InChI is InChI=1S/C19H27NO4/c1-18(2,3)13-8-12(9-14(16(13)22)19(4,5)6)20-10-11(17(23)24)7-15(20)21/h8-9,11,22H,7,10H2,1-6H3,(H,23,24). The summed E-state index contributed by atoms with van der Waals surface area (Å²) >= 11 is 0. The Hall–Kier alpha value is -2.04. The molecule has 1 unspecified atom stereocenters. The summed E-state index contributed by atoms with van der Waals surface area (Å²) < 4.78 is 0. The zero-order valence-corrected chi connectivity index (χ0v) is 15.3. The second-order valence-electron chi connectivity index (χ2n) is 8.63. The van der Waals surface area contributed by atoms with E-state index in [2.05, 4.69) is 0 Å². The summed E-state index contributed by atoms with van der Waals surface area (Å²) in [6.07, 6.45) is 0.0198. The van der Waals surface area contributed by atoms with Crippen molar-refractivity contribution in [1.82, 2.24) is 0 Å². The number of aliphatic carboxylic acids is 1. The van der Waals surface area contributed by atoms with Gasteiger partial charge in [-0.2, -0.15) is 0 Å². The highest BCUT2D eigenvalue weighted by Gasteiger charge is 2.36. The summed E-state index contributed by atoms with van der Waals surface area (Å²) in [6.45, 7) is 12.2. The molecular weight excluding hydrogens is 306 g/mol. The van der Waals surface area contributed by atoms with Crippen LogP contribution in [-0.2, 0) is 20.4 Å². The van der Waals surface area contributed by atoms with Crippen LogP contribution in [0, 0.1) is 5.92 Å².